The van der Waals surface area contributed by atoms with E-state index in [1.807, 2.05) is 0 Å². The van der Waals surface area contributed by atoms with Gasteiger partial charge in [0.1, 0.15) is 17.5 Å². The molecule has 1 aromatic heterocycles. The van der Waals surface area contributed by atoms with Gasteiger partial charge in [-0.1, -0.05) is 20.8 Å². The minimum Gasteiger partial charge on any atom is -0.383 e. The van der Waals surface area contributed by atoms with Gasteiger partial charge < -0.3 is 34.9 Å². The molecule has 34 heavy (non-hydrogen) atoms. The Bertz CT molecular complexity index is 981. The number of hydrogen-bond acceptors (Lipinski definition) is 12. The Morgan fingerprint density at radius 2 is 1.74 bits per heavy atom. The van der Waals surface area contributed by atoms with Crippen molar-refractivity contribution in [2.75, 3.05) is 37.7 Å². The minimum atomic E-state index is -5.58. The summed E-state index contributed by atoms with van der Waals surface area (Å²) in [6, 6.07) is 1.37. The maximum absolute atomic E-state index is 11.7. The van der Waals surface area contributed by atoms with Crippen LogP contribution in [0.5, 0.6) is 0 Å². The van der Waals surface area contributed by atoms with Crippen LogP contribution in [0.2, 0.25) is 0 Å². The van der Waals surface area contributed by atoms with Gasteiger partial charge in [-0.05, 0) is 25.7 Å². The van der Waals surface area contributed by atoms with Gasteiger partial charge in [-0.25, -0.2) is 18.5 Å². The summed E-state index contributed by atoms with van der Waals surface area (Å²) in [5.41, 5.74) is 3.83. The Labute approximate surface area is 199 Å². The van der Waals surface area contributed by atoms with Crippen LogP contribution in [0.4, 0.5) is 5.82 Å². The second-order valence-corrected chi connectivity index (χ2v) is 12.0. The lowest BCUT2D eigenvalue weighted by atomic mass is 10.5. The Kier molecular flexibility index (Phi) is 12.6. The van der Waals surface area contributed by atoms with Gasteiger partial charge in [0.05, 0.1) is 6.61 Å². The predicted octanol–water partition coefficient (Wildman–Crippen LogP) is 1.10. The maximum Gasteiger partial charge on any atom is 0.490 e. The Morgan fingerprint density at radius 3 is 2.21 bits per heavy atom. The van der Waals surface area contributed by atoms with Gasteiger partial charge >= 0.3 is 29.2 Å². The molecule has 0 aliphatic carbocycles. The second kappa shape index (κ2) is 13.6. The van der Waals surface area contributed by atoms with Crippen molar-refractivity contribution in [3.05, 3.63) is 22.7 Å². The van der Waals surface area contributed by atoms with Crippen molar-refractivity contribution in [1.29, 1.82) is 0 Å². The van der Waals surface area contributed by atoms with Crippen LogP contribution in [0.15, 0.2) is 17.1 Å². The first-order valence-electron chi connectivity index (χ1n) is 9.73. The van der Waals surface area contributed by atoms with Crippen LogP contribution in [0.1, 0.15) is 27.0 Å². The average molecular weight is 570 g/mol. The highest BCUT2D eigenvalue weighted by atomic mass is 32.2. The molecule has 0 aromatic carbocycles. The van der Waals surface area contributed by atoms with Crippen LogP contribution < -0.4 is 11.4 Å². The van der Waals surface area contributed by atoms with Crippen LogP contribution >= 0.6 is 35.2 Å². The lowest BCUT2D eigenvalue weighted by molar-refractivity contribution is -0.00646. The summed E-state index contributed by atoms with van der Waals surface area (Å²) in [5, 5.41) is 0. The third-order valence-electron chi connectivity index (χ3n) is 4.03. The molecule has 1 aliphatic rings. The van der Waals surface area contributed by atoms with Crippen molar-refractivity contribution in [3.63, 3.8) is 0 Å². The number of ether oxygens (including phenoxy) is 1. The number of thioether (sulfide) groups is 1. The first-order valence-corrected chi connectivity index (χ1v) is 15.3. The fourth-order valence-electron chi connectivity index (χ4n) is 2.45. The molecule has 0 radical (unpaired) electrons. The summed E-state index contributed by atoms with van der Waals surface area (Å²) in [6.07, 6.45) is 0.575. The molecule has 1 fully saturated rings. The van der Waals surface area contributed by atoms with Crippen molar-refractivity contribution in [2.24, 2.45) is 0 Å². The van der Waals surface area contributed by atoms with Crippen molar-refractivity contribution in [1.82, 2.24) is 14.5 Å². The lowest BCUT2D eigenvalue weighted by Gasteiger charge is -2.18. The number of nitrogen functional groups attached to an aromatic ring is 1. The van der Waals surface area contributed by atoms with Crippen LogP contribution in [0.3, 0.4) is 0 Å². The number of nitrogens with zero attached hydrogens (tertiary/aromatic N) is 3. The first-order chi connectivity index (χ1) is 15.6. The van der Waals surface area contributed by atoms with Gasteiger partial charge in [0.2, 0.25) is 0 Å². The summed E-state index contributed by atoms with van der Waals surface area (Å²) in [4.78, 5) is 52.9. The van der Waals surface area contributed by atoms with E-state index in [0.29, 0.717) is 0 Å². The van der Waals surface area contributed by atoms with Gasteiger partial charge in [0.25, 0.3) is 0 Å². The molecule has 0 bridgehead atoms. The molecule has 1 aliphatic heterocycles. The molecule has 0 spiro atoms. The lowest BCUT2D eigenvalue weighted by Crippen LogP contribution is -2.28. The topological polar surface area (TPSA) is 233 Å². The normalized spacial score (nSPS) is 22.0. The van der Waals surface area contributed by atoms with Crippen LogP contribution in [0, 0.1) is 0 Å². The predicted molar refractivity (Wildman–Crippen MR) is 123 cm³/mol. The molecule has 0 amide bonds. The van der Waals surface area contributed by atoms with Gasteiger partial charge in [0, 0.05) is 11.9 Å². The zero-order valence-corrected chi connectivity index (χ0v) is 22.1. The molecule has 2 unspecified atom stereocenters. The highest BCUT2D eigenvalue weighted by molar-refractivity contribution is 8.00. The minimum absolute atomic E-state index is 0.0195. The summed E-state index contributed by atoms with van der Waals surface area (Å²) in [7, 11) is -16.3. The van der Waals surface area contributed by atoms with E-state index in [1.54, 1.807) is 0 Å². The van der Waals surface area contributed by atoms with E-state index in [9.17, 15) is 23.4 Å². The summed E-state index contributed by atoms with van der Waals surface area (Å²) >= 11 is 1.09. The van der Waals surface area contributed by atoms with E-state index in [0.717, 1.165) is 16.3 Å². The fourth-order valence-corrected chi connectivity index (χ4v) is 6.56. The second-order valence-electron chi connectivity index (χ2n) is 6.40. The van der Waals surface area contributed by atoms with E-state index in [-0.39, 0.29) is 11.6 Å². The SMILES string of the molecule is CCN(CC)CC.Nc1ccn([C@H]2CS[C@@H](COP(=O)(O)OP(=O)(O)OP(=O)(O)O)O2)c(=O)n1. The average Bonchev–Trinajstić information content (AvgIpc) is 3.14. The molecule has 1 saturated heterocycles. The summed E-state index contributed by atoms with van der Waals surface area (Å²) < 4.78 is 51.5. The molecule has 1 aromatic rings. The molecule has 2 rings (SSSR count). The van der Waals surface area contributed by atoms with E-state index >= 15 is 0 Å². The number of anilines is 1. The van der Waals surface area contributed by atoms with E-state index < -0.39 is 47.4 Å². The third-order valence-corrected chi connectivity index (χ3v) is 8.93. The van der Waals surface area contributed by atoms with Crippen molar-refractivity contribution < 1.29 is 51.2 Å². The monoisotopic (exact) mass is 570 g/mol. The number of phosphoric acid groups is 3. The van der Waals surface area contributed by atoms with Crippen LogP contribution in [-0.4, -0.2) is 71.5 Å². The molecule has 2 heterocycles. The molecular formula is C14H29N4O12P3S. The first kappa shape index (κ1) is 31.4. The molecule has 4 atom stereocenters. The molecule has 198 valence electrons. The summed E-state index contributed by atoms with van der Waals surface area (Å²) in [6.45, 7) is 9.50. The molecule has 20 heteroatoms. The van der Waals surface area contributed by atoms with Gasteiger partial charge in [0.15, 0.2) is 0 Å². The standard InChI is InChI=1S/C8H14N3O12P3S.C6H15N/c9-5-1-2-11(8(12)10-5)6-4-27-7(21-6)3-20-25(16,17)23-26(18,19)22-24(13,14)15;1-4-7(5-2)6-3/h1-2,6-7H,3-4H2,(H,16,17)(H,18,19)(H2,9,10,12)(H2,13,14,15);4-6H2,1-3H3/t6-,7+;/m1./s1. The molecular weight excluding hydrogens is 541 g/mol. The van der Waals surface area contributed by atoms with Crippen molar-refractivity contribution in [3.8, 4) is 0 Å². The molecule has 16 nitrogen and oxygen atoms in total. The highest BCUT2D eigenvalue weighted by Gasteiger charge is 2.41. The van der Waals surface area contributed by atoms with E-state index in [4.69, 9.17) is 25.2 Å². The Hall–Kier alpha value is -0.640. The van der Waals surface area contributed by atoms with Crippen LogP contribution in [0.25, 0.3) is 0 Å². The number of rotatable bonds is 11. The Balaban J connectivity index is 0.000000718. The number of hydrogen-bond donors (Lipinski definition) is 5. The number of aromatic nitrogens is 2. The largest absolute Gasteiger partial charge is 0.490 e. The summed E-state index contributed by atoms with van der Waals surface area (Å²) in [5.74, 6) is 0.266. The van der Waals surface area contributed by atoms with Crippen molar-refractivity contribution in [2.45, 2.75) is 32.4 Å². The number of nitrogens with two attached hydrogens (primary N) is 1. The highest BCUT2D eigenvalue weighted by Crippen LogP contribution is 2.66. The number of phosphoric ester groups is 1. The van der Waals surface area contributed by atoms with Crippen LogP contribution in [-0.2, 0) is 31.6 Å². The maximum atomic E-state index is 11.7. The van der Waals surface area contributed by atoms with Crippen molar-refractivity contribution >= 4 is 41.0 Å². The Morgan fingerprint density at radius 1 is 1.15 bits per heavy atom. The quantitative estimate of drug-likeness (QED) is 0.234. The van der Waals surface area contributed by atoms with Gasteiger partial charge in [-0.15, -0.1) is 11.8 Å². The smallest absolute Gasteiger partial charge is 0.383 e. The zero-order valence-electron chi connectivity index (χ0n) is 18.6. The van der Waals surface area contributed by atoms with E-state index in [1.165, 1.54) is 31.9 Å². The zero-order chi connectivity index (χ0) is 26.2. The molecule has 6 N–H and O–H groups in total. The molecule has 0 saturated carbocycles. The third kappa shape index (κ3) is 11.9. The van der Waals surface area contributed by atoms with Gasteiger partial charge in [-0.2, -0.15) is 13.6 Å². The fraction of sp³-hybridized carbons (Fsp3) is 0.714. The van der Waals surface area contributed by atoms with E-state index in [2.05, 4.69) is 43.8 Å². The van der Waals surface area contributed by atoms with Gasteiger partial charge in [-0.3, -0.25) is 9.09 Å².